The molecule has 0 atom stereocenters. The summed E-state index contributed by atoms with van der Waals surface area (Å²) < 4.78 is 14.4. The molecule has 0 saturated carbocycles. The fraction of sp³-hybridized carbons (Fsp3) is 0.160. The summed E-state index contributed by atoms with van der Waals surface area (Å²) >= 11 is 3.69. The number of anilines is 1. The van der Waals surface area contributed by atoms with E-state index in [1.165, 1.54) is 11.3 Å². The molecule has 2 heterocycles. The van der Waals surface area contributed by atoms with Crippen LogP contribution >= 0.6 is 33.9 Å². The molecule has 2 aromatic heterocycles. The maximum absolute atomic E-state index is 11.5. The van der Waals surface area contributed by atoms with Gasteiger partial charge in [0.05, 0.1) is 35.4 Å². The van der Waals surface area contributed by atoms with Gasteiger partial charge in [-0.05, 0) is 71.5 Å². The molecule has 0 amide bonds. The zero-order valence-corrected chi connectivity index (χ0v) is 21.9. The van der Waals surface area contributed by atoms with E-state index < -0.39 is 0 Å². The van der Waals surface area contributed by atoms with Gasteiger partial charge in [0.15, 0.2) is 17.8 Å². The molecule has 7 nitrogen and oxygen atoms in total. The number of carbonyl (C=O) groups excluding carboxylic acids is 1. The molecule has 2 aromatic carbocycles. The third kappa shape index (κ3) is 5.65. The number of hydrogen-bond donors (Lipinski definition) is 1. The van der Waals surface area contributed by atoms with Crippen molar-refractivity contribution >= 4 is 57.9 Å². The van der Waals surface area contributed by atoms with E-state index in [4.69, 9.17) is 9.47 Å². The number of ether oxygens (including phenoxy) is 2. The minimum atomic E-state index is 0.386. The third-order valence-corrected chi connectivity index (χ3v) is 6.87. The van der Waals surface area contributed by atoms with Crippen LogP contribution in [0.3, 0.4) is 0 Å². The number of carbonyl (C=O) groups is 1. The predicted molar refractivity (Wildman–Crippen MR) is 145 cm³/mol. The lowest BCUT2D eigenvalue weighted by molar-refractivity contribution is 0.112. The van der Waals surface area contributed by atoms with Gasteiger partial charge in [0.1, 0.15) is 6.61 Å². The van der Waals surface area contributed by atoms with Gasteiger partial charge in [-0.25, -0.2) is 4.99 Å². The second kappa shape index (κ2) is 10.8. The maximum atomic E-state index is 11.5. The number of aldehydes is 1. The molecular weight excluding hydrogens is 563 g/mol. The lowest BCUT2D eigenvalue weighted by Gasteiger charge is -2.12. The van der Waals surface area contributed by atoms with Crippen LogP contribution in [-0.4, -0.2) is 29.5 Å². The highest BCUT2D eigenvalue weighted by molar-refractivity contribution is 14.1. The highest BCUT2D eigenvalue weighted by Gasteiger charge is 2.10. The Morgan fingerprint density at radius 2 is 1.94 bits per heavy atom. The second-order valence-electron chi connectivity index (χ2n) is 7.44. The van der Waals surface area contributed by atoms with E-state index >= 15 is 0 Å². The number of nitrogens with zero attached hydrogens (tertiary/aromatic N) is 3. The number of rotatable bonds is 9. The normalized spacial score (nSPS) is 11.1. The van der Waals surface area contributed by atoms with Crippen molar-refractivity contribution in [3.63, 3.8) is 0 Å². The van der Waals surface area contributed by atoms with E-state index in [2.05, 4.69) is 38.0 Å². The topological polar surface area (TPSA) is 77.7 Å². The lowest BCUT2D eigenvalue weighted by Crippen LogP contribution is -2.04. The molecule has 0 bridgehead atoms. The number of nitrogens with one attached hydrogen (secondary N) is 1. The van der Waals surface area contributed by atoms with Gasteiger partial charge >= 0.3 is 0 Å². The number of benzene rings is 2. The summed E-state index contributed by atoms with van der Waals surface area (Å²) in [6.45, 7) is 2.33. The van der Waals surface area contributed by atoms with E-state index in [1.807, 2.05) is 68.6 Å². The number of aliphatic imine (C=N–C) groups is 1. The van der Waals surface area contributed by atoms with Crippen LogP contribution < -0.4 is 14.8 Å². The molecule has 174 valence electrons. The Hall–Kier alpha value is -3.18. The van der Waals surface area contributed by atoms with Gasteiger partial charge < -0.3 is 14.8 Å². The van der Waals surface area contributed by atoms with Gasteiger partial charge in [-0.2, -0.15) is 5.10 Å². The van der Waals surface area contributed by atoms with Crippen molar-refractivity contribution in [3.05, 3.63) is 74.4 Å². The van der Waals surface area contributed by atoms with Gasteiger partial charge in [0.2, 0.25) is 0 Å². The molecular formula is C25H23IN4O3S. The van der Waals surface area contributed by atoms with Crippen molar-refractivity contribution in [2.75, 3.05) is 12.4 Å². The minimum absolute atomic E-state index is 0.386. The van der Waals surface area contributed by atoms with Crippen molar-refractivity contribution in [3.8, 4) is 21.9 Å². The van der Waals surface area contributed by atoms with Crippen LogP contribution in [0, 0.1) is 10.5 Å². The van der Waals surface area contributed by atoms with Gasteiger partial charge in [0.25, 0.3) is 0 Å². The fourth-order valence-corrected chi connectivity index (χ4v) is 4.63. The molecule has 0 aliphatic rings. The smallest absolute Gasteiger partial charge is 0.162 e. The summed E-state index contributed by atoms with van der Waals surface area (Å²) in [6.07, 6.45) is 2.41. The number of halogens is 1. The maximum Gasteiger partial charge on any atom is 0.162 e. The summed E-state index contributed by atoms with van der Waals surface area (Å²) in [4.78, 5) is 17.6. The molecule has 0 aliphatic heterocycles. The Bertz CT molecular complexity index is 1330. The number of methoxy groups -OCH3 is 1. The van der Waals surface area contributed by atoms with Gasteiger partial charge in [-0.15, -0.1) is 11.3 Å². The Balaban J connectivity index is 1.45. The van der Waals surface area contributed by atoms with Crippen molar-refractivity contribution in [2.45, 2.75) is 13.5 Å². The first-order valence-corrected chi connectivity index (χ1v) is 12.3. The van der Waals surface area contributed by atoms with E-state index in [-0.39, 0.29) is 0 Å². The van der Waals surface area contributed by atoms with Crippen LogP contribution in [0.5, 0.6) is 11.5 Å². The molecule has 0 spiro atoms. The molecule has 0 saturated heterocycles. The zero-order valence-electron chi connectivity index (χ0n) is 18.9. The summed E-state index contributed by atoms with van der Waals surface area (Å²) in [7, 11) is 3.49. The molecule has 0 radical (unpaired) electrons. The Morgan fingerprint density at radius 1 is 1.15 bits per heavy atom. The molecule has 1 N–H and O–H groups in total. The van der Waals surface area contributed by atoms with E-state index in [9.17, 15) is 4.79 Å². The van der Waals surface area contributed by atoms with E-state index in [0.29, 0.717) is 28.7 Å². The predicted octanol–water partition coefficient (Wildman–Crippen LogP) is 6.23. The largest absolute Gasteiger partial charge is 0.493 e. The van der Waals surface area contributed by atoms with Gasteiger partial charge in [-0.1, -0.05) is 12.1 Å². The molecule has 34 heavy (non-hydrogen) atoms. The van der Waals surface area contributed by atoms with Crippen molar-refractivity contribution in [2.24, 2.45) is 12.0 Å². The number of thiophene rings is 1. The summed E-state index contributed by atoms with van der Waals surface area (Å²) in [5, 5.41) is 7.47. The quantitative estimate of drug-likeness (QED) is 0.109. The lowest BCUT2D eigenvalue weighted by atomic mass is 10.2. The average Bonchev–Trinajstić information content (AvgIpc) is 3.40. The molecule has 0 unspecified atom stereocenters. The van der Waals surface area contributed by atoms with Gasteiger partial charge in [0, 0.05) is 27.2 Å². The van der Waals surface area contributed by atoms with Gasteiger partial charge in [-0.3, -0.25) is 9.48 Å². The Morgan fingerprint density at radius 3 is 2.62 bits per heavy atom. The monoisotopic (exact) mass is 586 g/mol. The number of aromatic nitrogens is 2. The molecule has 0 fully saturated rings. The SMILES string of the molecule is COc1cc(NC=Nc2cc(-c3ccc(I)cc3)sc2C=O)ccc1OCc1cc(C)nn1C. The van der Waals surface area contributed by atoms with Crippen molar-refractivity contribution < 1.29 is 14.3 Å². The Kier molecular flexibility index (Phi) is 7.63. The summed E-state index contributed by atoms with van der Waals surface area (Å²) in [5.74, 6) is 1.23. The minimum Gasteiger partial charge on any atom is -0.493 e. The second-order valence-corrected chi connectivity index (χ2v) is 9.77. The number of hydrogen-bond acceptors (Lipinski definition) is 6. The highest BCUT2D eigenvalue weighted by Crippen LogP contribution is 2.36. The first-order valence-electron chi connectivity index (χ1n) is 10.4. The third-order valence-electron chi connectivity index (χ3n) is 5.05. The molecule has 9 heteroatoms. The number of aryl methyl sites for hydroxylation is 2. The average molecular weight is 586 g/mol. The van der Waals surface area contributed by atoms with Crippen LogP contribution in [-0.2, 0) is 13.7 Å². The molecule has 0 aliphatic carbocycles. The Labute approximate surface area is 215 Å². The van der Waals surface area contributed by atoms with Crippen LogP contribution in [0.2, 0.25) is 0 Å². The first-order chi connectivity index (χ1) is 16.5. The van der Waals surface area contributed by atoms with Crippen molar-refractivity contribution in [1.29, 1.82) is 0 Å². The van der Waals surface area contributed by atoms with Crippen molar-refractivity contribution in [1.82, 2.24) is 9.78 Å². The standard InChI is InChI=1S/C25H23IN4O3S/c1-16-10-20(30(2)29-16)14-33-22-9-8-19(11-23(22)32-3)27-15-28-21-12-24(34-25(21)13-31)17-4-6-18(26)7-5-17/h4-13,15H,14H2,1-3H3,(H,27,28). The highest BCUT2D eigenvalue weighted by atomic mass is 127. The van der Waals surface area contributed by atoms with Crippen LogP contribution in [0.25, 0.3) is 10.4 Å². The first kappa shape index (κ1) is 24.0. The fourth-order valence-electron chi connectivity index (χ4n) is 3.34. The van der Waals surface area contributed by atoms with E-state index in [0.717, 1.165) is 37.4 Å². The zero-order chi connectivity index (χ0) is 24.1. The summed E-state index contributed by atoms with van der Waals surface area (Å²) in [6, 6.07) is 17.6. The van der Waals surface area contributed by atoms with Crippen LogP contribution in [0.1, 0.15) is 21.1 Å². The molecule has 4 rings (SSSR count). The summed E-state index contributed by atoms with van der Waals surface area (Å²) in [5.41, 5.74) is 4.38. The molecule has 4 aromatic rings. The van der Waals surface area contributed by atoms with Crippen LogP contribution in [0.4, 0.5) is 11.4 Å². The van der Waals surface area contributed by atoms with Crippen LogP contribution in [0.15, 0.2) is 59.6 Å². The van der Waals surface area contributed by atoms with E-state index in [1.54, 1.807) is 18.1 Å².